The van der Waals surface area contributed by atoms with Crippen LogP contribution in [0.3, 0.4) is 0 Å². The van der Waals surface area contributed by atoms with Crippen LogP contribution < -0.4 is 4.90 Å². The topological polar surface area (TPSA) is 57.0 Å². The van der Waals surface area contributed by atoms with Crippen LogP contribution in [0.4, 0.5) is 10.1 Å². The minimum Gasteiger partial charge on any atom is -0.370 e. The number of aromatic nitrogens is 1. The molecule has 1 aliphatic heterocycles. The molecule has 0 spiro atoms. The highest BCUT2D eigenvalue weighted by Crippen LogP contribution is 2.36. The second-order valence-corrected chi connectivity index (χ2v) is 6.28. The summed E-state index contributed by atoms with van der Waals surface area (Å²) in [5, 5.41) is 10.0. The van der Waals surface area contributed by atoms with Crippen LogP contribution in [0.1, 0.15) is 18.9 Å². The fourth-order valence-corrected chi connectivity index (χ4v) is 3.40. The lowest BCUT2D eigenvalue weighted by atomic mass is 9.87. The Morgan fingerprint density at radius 2 is 2.30 bits per heavy atom. The Morgan fingerprint density at radius 1 is 1.52 bits per heavy atom. The number of carbonyl (C=O) groups is 1. The molecule has 0 N–H and O–H groups in total. The summed E-state index contributed by atoms with van der Waals surface area (Å²) < 4.78 is 13.7. The van der Waals surface area contributed by atoms with Gasteiger partial charge >= 0.3 is 0 Å². The maximum absolute atomic E-state index is 13.7. The Balaban J connectivity index is 2.14. The van der Waals surface area contributed by atoms with Gasteiger partial charge in [-0.25, -0.2) is 4.39 Å². The molecule has 0 radical (unpaired) electrons. The van der Waals surface area contributed by atoms with Gasteiger partial charge in [0.15, 0.2) is 0 Å². The molecule has 118 valence electrons. The fraction of sp³-hybridized carbons (Fsp3) is 0.353. The van der Waals surface area contributed by atoms with Crippen molar-refractivity contribution in [1.82, 2.24) is 4.98 Å². The van der Waals surface area contributed by atoms with Gasteiger partial charge in [0.1, 0.15) is 23.2 Å². The number of anilines is 1. The van der Waals surface area contributed by atoms with Gasteiger partial charge in [0.25, 0.3) is 0 Å². The molecule has 0 saturated carbocycles. The van der Waals surface area contributed by atoms with E-state index in [4.69, 9.17) is 11.6 Å². The zero-order valence-corrected chi connectivity index (χ0v) is 13.3. The highest BCUT2D eigenvalue weighted by molar-refractivity contribution is 6.35. The van der Waals surface area contributed by atoms with E-state index in [-0.39, 0.29) is 16.9 Å². The third-order valence-corrected chi connectivity index (χ3v) is 4.84. The van der Waals surface area contributed by atoms with E-state index in [1.165, 1.54) is 12.3 Å². The molecular weight excluding hydrogens is 317 g/mol. The van der Waals surface area contributed by atoms with Crippen molar-refractivity contribution in [1.29, 1.82) is 5.26 Å². The molecule has 0 amide bonds. The molecular formula is C17H15ClFN3O. The van der Waals surface area contributed by atoms with E-state index in [0.29, 0.717) is 29.6 Å². The Bertz CT molecular complexity index is 818. The number of hydrogen-bond donors (Lipinski definition) is 0. The molecule has 3 rings (SSSR count). The maximum Gasteiger partial charge on any atom is 0.144 e. The molecule has 2 atom stereocenters. The molecule has 1 saturated heterocycles. The van der Waals surface area contributed by atoms with Crippen LogP contribution in [0, 0.1) is 29.0 Å². The molecule has 0 aliphatic carbocycles. The van der Waals surface area contributed by atoms with Crippen LogP contribution in [0.5, 0.6) is 0 Å². The number of pyridine rings is 1. The molecule has 1 aromatic carbocycles. The van der Waals surface area contributed by atoms with Crippen molar-refractivity contribution >= 4 is 34.5 Å². The number of nitriles is 1. The highest BCUT2D eigenvalue weighted by Gasteiger charge is 2.28. The van der Waals surface area contributed by atoms with Crippen molar-refractivity contribution < 1.29 is 9.18 Å². The van der Waals surface area contributed by atoms with Gasteiger partial charge < -0.3 is 9.69 Å². The van der Waals surface area contributed by atoms with E-state index in [2.05, 4.69) is 16.0 Å². The third-order valence-electron chi connectivity index (χ3n) is 4.49. The van der Waals surface area contributed by atoms with Gasteiger partial charge in [0.2, 0.25) is 0 Å². The quantitative estimate of drug-likeness (QED) is 0.789. The van der Waals surface area contributed by atoms with Gasteiger partial charge in [-0.15, -0.1) is 0 Å². The van der Waals surface area contributed by atoms with Crippen LogP contribution in [0.15, 0.2) is 18.3 Å². The SMILES string of the molecule is CC1CN(c2c(C#N)cnc3c(Cl)c(F)ccc23)CCC1C=O. The maximum atomic E-state index is 13.7. The van der Waals surface area contributed by atoms with Crippen molar-refractivity contribution in [2.75, 3.05) is 18.0 Å². The Morgan fingerprint density at radius 3 is 2.96 bits per heavy atom. The lowest BCUT2D eigenvalue weighted by Crippen LogP contribution is -2.40. The smallest absolute Gasteiger partial charge is 0.144 e. The van der Waals surface area contributed by atoms with E-state index >= 15 is 0 Å². The van der Waals surface area contributed by atoms with Crippen LogP contribution in [0.25, 0.3) is 10.9 Å². The molecule has 2 unspecified atom stereocenters. The average molecular weight is 332 g/mol. The largest absolute Gasteiger partial charge is 0.370 e. The van der Waals surface area contributed by atoms with Crippen LogP contribution in [-0.4, -0.2) is 24.4 Å². The summed E-state index contributed by atoms with van der Waals surface area (Å²) in [5.74, 6) is -0.312. The molecule has 6 heteroatoms. The number of aldehydes is 1. The van der Waals surface area contributed by atoms with Crippen LogP contribution >= 0.6 is 11.6 Å². The molecule has 1 aliphatic rings. The standard InChI is InChI=1S/C17H15ClFN3O/c1-10-8-22(5-4-11(10)9-23)17-12(6-20)7-21-16-13(17)2-3-14(19)15(16)18/h2-3,7,9-11H,4-5,8H2,1H3. The number of piperidine rings is 1. The van der Waals surface area contributed by atoms with Crippen molar-refractivity contribution in [3.8, 4) is 6.07 Å². The normalized spacial score (nSPS) is 21.2. The van der Waals surface area contributed by atoms with Crippen LogP contribution in [-0.2, 0) is 4.79 Å². The zero-order chi connectivity index (χ0) is 16.6. The van der Waals surface area contributed by atoms with Crippen molar-refractivity contribution in [2.24, 2.45) is 11.8 Å². The summed E-state index contributed by atoms with van der Waals surface area (Å²) in [7, 11) is 0. The van der Waals surface area contributed by atoms with E-state index in [9.17, 15) is 14.4 Å². The predicted molar refractivity (Wildman–Crippen MR) is 87.0 cm³/mol. The predicted octanol–water partition coefficient (Wildman–Crippen LogP) is 3.56. The fourth-order valence-electron chi connectivity index (χ4n) is 3.18. The minimum absolute atomic E-state index is 0.0333. The Labute approximate surface area is 138 Å². The number of carbonyl (C=O) groups excluding carboxylic acids is 1. The first kappa shape index (κ1) is 15.7. The average Bonchev–Trinajstić information content (AvgIpc) is 2.57. The lowest BCUT2D eigenvalue weighted by molar-refractivity contribution is -0.112. The highest BCUT2D eigenvalue weighted by atomic mass is 35.5. The van der Waals surface area contributed by atoms with Crippen molar-refractivity contribution in [2.45, 2.75) is 13.3 Å². The van der Waals surface area contributed by atoms with Gasteiger partial charge in [-0.2, -0.15) is 5.26 Å². The number of fused-ring (bicyclic) bond motifs is 1. The van der Waals surface area contributed by atoms with E-state index in [1.54, 1.807) is 6.07 Å². The number of rotatable bonds is 2. The summed E-state index contributed by atoms with van der Waals surface area (Å²) in [4.78, 5) is 17.3. The molecule has 2 heterocycles. The summed E-state index contributed by atoms with van der Waals surface area (Å²) in [6.45, 7) is 3.34. The molecule has 1 aromatic heterocycles. The first-order valence-electron chi connectivity index (χ1n) is 7.44. The van der Waals surface area contributed by atoms with Gasteiger partial charge in [-0.05, 0) is 24.5 Å². The monoisotopic (exact) mass is 331 g/mol. The minimum atomic E-state index is -0.532. The van der Waals surface area contributed by atoms with Gasteiger partial charge in [0.05, 0.1) is 16.8 Å². The second-order valence-electron chi connectivity index (χ2n) is 5.90. The Hall–Kier alpha value is -2.19. The lowest BCUT2D eigenvalue weighted by Gasteiger charge is -2.37. The van der Waals surface area contributed by atoms with E-state index in [1.807, 2.05) is 6.92 Å². The van der Waals surface area contributed by atoms with Gasteiger partial charge in [-0.3, -0.25) is 4.98 Å². The summed E-state index contributed by atoms with van der Waals surface area (Å²) in [6, 6.07) is 5.05. The van der Waals surface area contributed by atoms with Crippen molar-refractivity contribution in [3.05, 3.63) is 34.7 Å². The molecule has 23 heavy (non-hydrogen) atoms. The summed E-state index contributed by atoms with van der Waals surface area (Å²) in [5.41, 5.74) is 1.50. The summed E-state index contributed by atoms with van der Waals surface area (Å²) >= 11 is 6.02. The first-order valence-corrected chi connectivity index (χ1v) is 7.81. The summed E-state index contributed by atoms with van der Waals surface area (Å²) in [6.07, 6.45) is 3.16. The Kier molecular flexibility index (Phi) is 4.18. The number of halogens is 2. The van der Waals surface area contributed by atoms with Gasteiger partial charge in [-0.1, -0.05) is 18.5 Å². The molecule has 4 nitrogen and oxygen atoms in total. The van der Waals surface area contributed by atoms with Gasteiger partial charge in [0, 0.05) is 30.6 Å². The third kappa shape index (κ3) is 2.64. The molecule has 2 aromatic rings. The molecule has 1 fully saturated rings. The van der Waals surface area contributed by atoms with Crippen LogP contribution in [0.2, 0.25) is 5.02 Å². The zero-order valence-electron chi connectivity index (χ0n) is 12.6. The van der Waals surface area contributed by atoms with Crippen molar-refractivity contribution in [3.63, 3.8) is 0 Å². The first-order chi connectivity index (χ1) is 11.1. The number of nitrogens with zero attached hydrogens (tertiary/aromatic N) is 3. The van der Waals surface area contributed by atoms with E-state index in [0.717, 1.165) is 18.4 Å². The van der Waals surface area contributed by atoms with E-state index < -0.39 is 5.82 Å². The number of benzene rings is 1. The second kappa shape index (κ2) is 6.13. The number of hydrogen-bond acceptors (Lipinski definition) is 4. The molecule has 0 bridgehead atoms.